The van der Waals surface area contributed by atoms with Crippen LogP contribution in [0.25, 0.3) is 11.3 Å². The van der Waals surface area contributed by atoms with Crippen LogP contribution in [0, 0.1) is 6.92 Å². The second-order valence-corrected chi connectivity index (χ2v) is 5.29. The van der Waals surface area contributed by atoms with Gasteiger partial charge in [-0.05, 0) is 43.4 Å². The number of hydrogen-bond acceptors (Lipinski definition) is 2. The van der Waals surface area contributed by atoms with Crippen molar-refractivity contribution in [3.05, 3.63) is 56.9 Å². The fourth-order valence-corrected chi connectivity index (χ4v) is 2.81. The maximum absolute atomic E-state index is 12.3. The van der Waals surface area contributed by atoms with Gasteiger partial charge in [-0.1, -0.05) is 43.7 Å². The Balaban J connectivity index is 2.79. The van der Waals surface area contributed by atoms with Crippen LogP contribution in [-0.4, -0.2) is 10.8 Å². The number of H-pyrrole nitrogens is 1. The van der Waals surface area contributed by atoms with Crippen LogP contribution >= 0.6 is 0 Å². The SMILES string of the molecule is CCc1c(-c2ccc(C)cc2)[nH]c(=O)c(C(C)=O)c1CC. The van der Waals surface area contributed by atoms with Crippen molar-refractivity contribution in [3.63, 3.8) is 0 Å². The van der Waals surface area contributed by atoms with E-state index < -0.39 is 0 Å². The number of rotatable bonds is 4. The summed E-state index contributed by atoms with van der Waals surface area (Å²) in [5.74, 6) is -0.168. The number of benzene rings is 1. The number of carbonyl (C=O) groups excluding carboxylic acids is 1. The van der Waals surface area contributed by atoms with Crippen LogP contribution in [-0.2, 0) is 12.8 Å². The standard InChI is InChI=1S/C18H21NO2/c1-5-14-15(6-2)17(13-9-7-11(3)8-10-13)19-18(21)16(14)12(4)20/h7-10H,5-6H2,1-4H3,(H,19,21). The van der Waals surface area contributed by atoms with Crippen LogP contribution in [0.4, 0.5) is 0 Å². The smallest absolute Gasteiger partial charge is 0.259 e. The second kappa shape index (κ2) is 6.08. The summed E-state index contributed by atoms with van der Waals surface area (Å²) in [6.45, 7) is 7.52. The molecule has 0 aliphatic heterocycles. The molecular formula is C18H21NO2. The van der Waals surface area contributed by atoms with Gasteiger partial charge in [-0.2, -0.15) is 0 Å². The van der Waals surface area contributed by atoms with E-state index in [9.17, 15) is 9.59 Å². The predicted octanol–water partition coefficient (Wildman–Crippen LogP) is 3.68. The molecule has 0 aliphatic rings. The molecule has 1 N–H and O–H groups in total. The zero-order valence-electron chi connectivity index (χ0n) is 13.0. The molecule has 3 nitrogen and oxygen atoms in total. The van der Waals surface area contributed by atoms with Gasteiger partial charge in [0.1, 0.15) is 0 Å². The summed E-state index contributed by atoms with van der Waals surface area (Å²) in [4.78, 5) is 27.0. The summed E-state index contributed by atoms with van der Waals surface area (Å²) in [6, 6.07) is 8.06. The first-order valence-electron chi connectivity index (χ1n) is 7.35. The third kappa shape index (κ3) is 2.82. The minimum Gasteiger partial charge on any atom is -0.321 e. The number of aromatic amines is 1. The Morgan fingerprint density at radius 1 is 1.05 bits per heavy atom. The number of Topliss-reactive ketones (excluding diaryl/α,β-unsaturated/α-hetero) is 1. The Bertz CT molecular complexity index is 724. The van der Waals surface area contributed by atoms with Crippen LogP contribution in [0.5, 0.6) is 0 Å². The van der Waals surface area contributed by atoms with E-state index in [2.05, 4.69) is 11.9 Å². The fourth-order valence-electron chi connectivity index (χ4n) is 2.81. The number of nitrogens with one attached hydrogen (secondary N) is 1. The molecular weight excluding hydrogens is 262 g/mol. The highest BCUT2D eigenvalue weighted by Gasteiger charge is 2.18. The van der Waals surface area contributed by atoms with Crippen LogP contribution in [0.15, 0.2) is 29.1 Å². The highest BCUT2D eigenvalue weighted by Crippen LogP contribution is 2.26. The summed E-state index contributed by atoms with van der Waals surface area (Å²) >= 11 is 0. The molecule has 1 aromatic carbocycles. The van der Waals surface area contributed by atoms with Gasteiger partial charge < -0.3 is 4.98 Å². The third-order valence-electron chi connectivity index (χ3n) is 3.83. The highest BCUT2D eigenvalue weighted by atomic mass is 16.1. The lowest BCUT2D eigenvalue weighted by Crippen LogP contribution is -2.22. The predicted molar refractivity (Wildman–Crippen MR) is 86.0 cm³/mol. The maximum Gasteiger partial charge on any atom is 0.259 e. The third-order valence-corrected chi connectivity index (χ3v) is 3.83. The van der Waals surface area contributed by atoms with Crippen molar-refractivity contribution in [1.29, 1.82) is 0 Å². The van der Waals surface area contributed by atoms with Gasteiger partial charge in [0.2, 0.25) is 0 Å². The summed E-state index contributed by atoms with van der Waals surface area (Å²) in [7, 11) is 0. The van der Waals surface area contributed by atoms with Crippen molar-refractivity contribution in [2.75, 3.05) is 0 Å². The van der Waals surface area contributed by atoms with Gasteiger partial charge in [0.05, 0.1) is 11.3 Å². The molecule has 0 saturated carbocycles. The molecule has 0 fully saturated rings. The van der Waals surface area contributed by atoms with Gasteiger partial charge >= 0.3 is 0 Å². The number of pyridine rings is 1. The first-order valence-corrected chi connectivity index (χ1v) is 7.35. The van der Waals surface area contributed by atoms with E-state index >= 15 is 0 Å². The minimum atomic E-state index is -0.285. The molecule has 21 heavy (non-hydrogen) atoms. The Labute approximate surface area is 125 Å². The number of carbonyl (C=O) groups is 1. The zero-order chi connectivity index (χ0) is 15.6. The Morgan fingerprint density at radius 3 is 2.10 bits per heavy atom. The molecule has 0 saturated heterocycles. The molecule has 0 atom stereocenters. The van der Waals surface area contributed by atoms with Crippen molar-refractivity contribution in [3.8, 4) is 11.3 Å². The molecule has 110 valence electrons. The summed E-state index contributed by atoms with van der Waals surface area (Å²) in [5, 5.41) is 0. The van der Waals surface area contributed by atoms with Crippen molar-refractivity contribution in [2.45, 2.75) is 40.5 Å². The highest BCUT2D eigenvalue weighted by molar-refractivity contribution is 5.96. The quantitative estimate of drug-likeness (QED) is 0.870. The molecule has 0 bridgehead atoms. The first-order chi connectivity index (χ1) is 9.99. The molecule has 1 aromatic heterocycles. The van der Waals surface area contributed by atoms with Gasteiger partial charge in [0.25, 0.3) is 5.56 Å². The van der Waals surface area contributed by atoms with Gasteiger partial charge in [-0.25, -0.2) is 0 Å². The Morgan fingerprint density at radius 2 is 1.62 bits per heavy atom. The van der Waals surface area contributed by atoms with E-state index in [1.54, 1.807) is 0 Å². The lowest BCUT2D eigenvalue weighted by molar-refractivity contribution is 0.101. The van der Waals surface area contributed by atoms with Crippen molar-refractivity contribution >= 4 is 5.78 Å². The van der Waals surface area contributed by atoms with Crippen LogP contribution in [0.1, 0.15) is 47.8 Å². The lowest BCUT2D eigenvalue weighted by Gasteiger charge is -2.15. The number of ketones is 1. The van der Waals surface area contributed by atoms with E-state index in [1.165, 1.54) is 12.5 Å². The molecule has 0 unspecified atom stereocenters. The van der Waals surface area contributed by atoms with Crippen molar-refractivity contribution in [1.82, 2.24) is 4.98 Å². The minimum absolute atomic E-state index is 0.168. The monoisotopic (exact) mass is 283 g/mol. The van der Waals surface area contributed by atoms with Crippen molar-refractivity contribution in [2.24, 2.45) is 0 Å². The van der Waals surface area contributed by atoms with Crippen LogP contribution in [0.3, 0.4) is 0 Å². The fraction of sp³-hybridized carbons (Fsp3) is 0.333. The first kappa shape index (κ1) is 15.2. The van der Waals surface area contributed by atoms with E-state index in [-0.39, 0.29) is 11.3 Å². The largest absolute Gasteiger partial charge is 0.321 e. The van der Waals surface area contributed by atoms with Gasteiger partial charge in [-0.15, -0.1) is 0 Å². The normalized spacial score (nSPS) is 10.7. The van der Waals surface area contributed by atoms with E-state index in [0.29, 0.717) is 12.0 Å². The van der Waals surface area contributed by atoms with Crippen LogP contribution in [0.2, 0.25) is 0 Å². The Hall–Kier alpha value is -2.16. The molecule has 0 amide bonds. The molecule has 2 aromatic rings. The van der Waals surface area contributed by atoms with Gasteiger partial charge in [0, 0.05) is 0 Å². The molecule has 1 heterocycles. The summed E-state index contributed by atoms with van der Waals surface area (Å²) < 4.78 is 0. The lowest BCUT2D eigenvalue weighted by atomic mass is 9.92. The Kier molecular flexibility index (Phi) is 4.41. The van der Waals surface area contributed by atoms with E-state index in [4.69, 9.17) is 0 Å². The summed E-state index contributed by atoms with van der Waals surface area (Å²) in [6.07, 6.45) is 1.46. The number of aryl methyl sites for hydroxylation is 1. The zero-order valence-corrected chi connectivity index (χ0v) is 13.0. The van der Waals surface area contributed by atoms with Crippen LogP contribution < -0.4 is 5.56 Å². The molecule has 0 radical (unpaired) electrons. The van der Waals surface area contributed by atoms with E-state index in [0.717, 1.165) is 28.8 Å². The maximum atomic E-state index is 12.3. The topological polar surface area (TPSA) is 49.9 Å². The van der Waals surface area contributed by atoms with E-state index in [1.807, 2.05) is 38.1 Å². The molecule has 0 aliphatic carbocycles. The van der Waals surface area contributed by atoms with Gasteiger partial charge in [-0.3, -0.25) is 9.59 Å². The number of aromatic nitrogens is 1. The van der Waals surface area contributed by atoms with Crippen molar-refractivity contribution < 1.29 is 4.79 Å². The molecule has 0 spiro atoms. The molecule has 3 heteroatoms. The summed E-state index contributed by atoms with van der Waals surface area (Å²) in [5.41, 5.74) is 4.96. The second-order valence-electron chi connectivity index (χ2n) is 5.29. The van der Waals surface area contributed by atoms with Gasteiger partial charge in [0.15, 0.2) is 5.78 Å². The number of hydrogen-bond donors (Lipinski definition) is 1. The molecule has 2 rings (SSSR count). The average molecular weight is 283 g/mol. The average Bonchev–Trinajstić information content (AvgIpc) is 2.46.